The van der Waals surface area contributed by atoms with Crippen LogP contribution in [0.5, 0.6) is 0 Å². The number of hydrogen-bond acceptors (Lipinski definition) is 3. The summed E-state index contributed by atoms with van der Waals surface area (Å²) in [5.74, 6) is 0.490. The van der Waals surface area contributed by atoms with Crippen LogP contribution >= 0.6 is 0 Å². The first kappa shape index (κ1) is 13.0. The zero-order valence-corrected chi connectivity index (χ0v) is 10.9. The molecule has 2 atom stereocenters. The third kappa shape index (κ3) is 3.07. The fourth-order valence-corrected chi connectivity index (χ4v) is 2.65. The Balaban J connectivity index is 1.91. The largest absolute Gasteiger partial charge is 0.349 e. The van der Waals surface area contributed by atoms with Gasteiger partial charge >= 0.3 is 0 Å². The first-order chi connectivity index (χ1) is 8.60. The van der Waals surface area contributed by atoms with Crippen molar-refractivity contribution >= 4 is 5.91 Å². The predicted molar refractivity (Wildman–Crippen MR) is 70.6 cm³/mol. The topological polar surface area (TPSA) is 68.0 Å². The molecule has 0 aromatic carbocycles. The summed E-state index contributed by atoms with van der Waals surface area (Å²) in [6, 6.07) is 5.67. The molecule has 0 bridgehead atoms. The van der Waals surface area contributed by atoms with Gasteiger partial charge in [0.2, 0.25) is 5.91 Å². The van der Waals surface area contributed by atoms with Crippen molar-refractivity contribution in [3.63, 3.8) is 0 Å². The third-order valence-corrected chi connectivity index (χ3v) is 3.64. The number of rotatable bonds is 3. The molecule has 1 aliphatic rings. The van der Waals surface area contributed by atoms with E-state index in [2.05, 4.69) is 17.2 Å². The predicted octanol–water partition coefficient (Wildman–Crippen LogP) is 1.61. The normalized spacial score (nSPS) is 27.8. The number of aromatic nitrogens is 1. The highest BCUT2D eigenvalue weighted by Crippen LogP contribution is 2.30. The number of amides is 1. The van der Waals surface area contributed by atoms with Gasteiger partial charge in [0.1, 0.15) is 0 Å². The summed E-state index contributed by atoms with van der Waals surface area (Å²) >= 11 is 0. The first-order valence-electron chi connectivity index (χ1n) is 6.57. The molecule has 1 aromatic rings. The lowest BCUT2D eigenvalue weighted by atomic mass is 9.76. The van der Waals surface area contributed by atoms with Crippen molar-refractivity contribution in [1.29, 1.82) is 0 Å². The van der Waals surface area contributed by atoms with Gasteiger partial charge in [0.25, 0.3) is 0 Å². The second-order valence-electron chi connectivity index (χ2n) is 5.36. The van der Waals surface area contributed by atoms with Crippen molar-refractivity contribution in [1.82, 2.24) is 10.3 Å². The molecule has 4 heteroatoms. The number of pyridine rings is 1. The van der Waals surface area contributed by atoms with Crippen molar-refractivity contribution in [2.45, 2.75) is 44.7 Å². The van der Waals surface area contributed by atoms with Crippen molar-refractivity contribution in [2.75, 3.05) is 0 Å². The van der Waals surface area contributed by atoms with Crippen LogP contribution in [0.15, 0.2) is 24.4 Å². The molecular formula is C14H21N3O. The quantitative estimate of drug-likeness (QED) is 0.852. The van der Waals surface area contributed by atoms with E-state index in [0.717, 1.165) is 25.0 Å². The Morgan fingerprint density at radius 3 is 3.11 bits per heavy atom. The van der Waals surface area contributed by atoms with E-state index in [1.165, 1.54) is 6.42 Å². The molecular weight excluding hydrogens is 226 g/mol. The molecule has 18 heavy (non-hydrogen) atoms. The van der Waals surface area contributed by atoms with E-state index in [9.17, 15) is 4.79 Å². The second kappa shape index (κ2) is 5.48. The van der Waals surface area contributed by atoms with Crippen LogP contribution in [0, 0.1) is 5.92 Å². The Bertz CT molecular complexity index is 407. The summed E-state index contributed by atoms with van der Waals surface area (Å²) in [6.07, 6.45) is 5.50. The first-order valence-corrected chi connectivity index (χ1v) is 6.57. The van der Waals surface area contributed by atoms with Crippen LogP contribution in [0.4, 0.5) is 0 Å². The van der Waals surface area contributed by atoms with Gasteiger partial charge in [0.05, 0.1) is 17.8 Å². The average Bonchev–Trinajstić information content (AvgIpc) is 2.37. The summed E-state index contributed by atoms with van der Waals surface area (Å²) in [5.41, 5.74) is 6.40. The average molecular weight is 247 g/mol. The second-order valence-corrected chi connectivity index (χ2v) is 5.36. The van der Waals surface area contributed by atoms with Gasteiger partial charge < -0.3 is 11.1 Å². The van der Waals surface area contributed by atoms with Crippen molar-refractivity contribution in [3.05, 3.63) is 30.1 Å². The van der Waals surface area contributed by atoms with Gasteiger partial charge in [-0.2, -0.15) is 0 Å². The van der Waals surface area contributed by atoms with Crippen molar-refractivity contribution in [3.8, 4) is 0 Å². The van der Waals surface area contributed by atoms with E-state index < -0.39 is 5.54 Å². The fourth-order valence-electron chi connectivity index (χ4n) is 2.65. The summed E-state index contributed by atoms with van der Waals surface area (Å²) in [4.78, 5) is 16.4. The summed E-state index contributed by atoms with van der Waals surface area (Å²) < 4.78 is 0. The van der Waals surface area contributed by atoms with Gasteiger partial charge in [-0.05, 0) is 30.9 Å². The van der Waals surface area contributed by atoms with E-state index in [-0.39, 0.29) is 5.91 Å². The zero-order chi connectivity index (χ0) is 13.0. The molecule has 1 amide bonds. The Morgan fingerprint density at radius 1 is 1.61 bits per heavy atom. The smallest absolute Gasteiger partial charge is 0.240 e. The third-order valence-electron chi connectivity index (χ3n) is 3.64. The minimum atomic E-state index is -0.688. The summed E-state index contributed by atoms with van der Waals surface area (Å²) in [7, 11) is 0. The van der Waals surface area contributed by atoms with Crippen LogP contribution in [0.2, 0.25) is 0 Å². The van der Waals surface area contributed by atoms with Gasteiger partial charge in [-0.15, -0.1) is 0 Å². The molecule has 1 aromatic heterocycles. The zero-order valence-electron chi connectivity index (χ0n) is 10.9. The maximum Gasteiger partial charge on any atom is 0.240 e. The van der Waals surface area contributed by atoms with E-state index in [1.807, 2.05) is 18.2 Å². The van der Waals surface area contributed by atoms with Gasteiger partial charge in [0, 0.05) is 6.20 Å². The molecule has 0 aliphatic heterocycles. The highest BCUT2D eigenvalue weighted by molar-refractivity contribution is 5.86. The Morgan fingerprint density at radius 2 is 2.44 bits per heavy atom. The summed E-state index contributed by atoms with van der Waals surface area (Å²) in [6.45, 7) is 2.61. The molecule has 1 fully saturated rings. The van der Waals surface area contributed by atoms with Gasteiger partial charge in [-0.3, -0.25) is 9.78 Å². The van der Waals surface area contributed by atoms with Crippen LogP contribution in [0.1, 0.15) is 38.3 Å². The van der Waals surface area contributed by atoms with Crippen molar-refractivity contribution < 1.29 is 4.79 Å². The number of hydrogen-bond donors (Lipinski definition) is 2. The maximum atomic E-state index is 12.2. The molecule has 4 nitrogen and oxygen atoms in total. The van der Waals surface area contributed by atoms with E-state index >= 15 is 0 Å². The Labute approximate surface area is 108 Å². The molecule has 98 valence electrons. The van der Waals surface area contributed by atoms with Crippen LogP contribution < -0.4 is 11.1 Å². The highest BCUT2D eigenvalue weighted by Gasteiger charge is 2.37. The molecule has 0 spiro atoms. The molecule has 0 radical (unpaired) electrons. The highest BCUT2D eigenvalue weighted by atomic mass is 16.2. The SMILES string of the molecule is CC1CCCC(N)(C(=O)NCc2ccccn2)C1. The fraction of sp³-hybridized carbons (Fsp3) is 0.571. The van der Waals surface area contributed by atoms with Crippen LogP contribution in [-0.4, -0.2) is 16.4 Å². The van der Waals surface area contributed by atoms with Gasteiger partial charge in [-0.25, -0.2) is 0 Å². The molecule has 3 N–H and O–H groups in total. The molecule has 1 heterocycles. The molecule has 0 saturated heterocycles. The maximum absolute atomic E-state index is 12.2. The number of nitrogens with one attached hydrogen (secondary N) is 1. The number of nitrogens with zero attached hydrogens (tertiary/aromatic N) is 1. The molecule has 2 unspecified atom stereocenters. The number of carbonyl (C=O) groups excluding carboxylic acids is 1. The van der Waals surface area contributed by atoms with Crippen LogP contribution in [0.25, 0.3) is 0 Å². The molecule has 2 rings (SSSR count). The number of nitrogens with two attached hydrogens (primary N) is 1. The standard InChI is InChI=1S/C14H21N3O/c1-11-5-4-7-14(15,9-11)13(18)17-10-12-6-2-3-8-16-12/h2-3,6,8,11H,4-5,7,9-10,15H2,1H3,(H,17,18). The molecule has 1 saturated carbocycles. The monoisotopic (exact) mass is 247 g/mol. The van der Waals surface area contributed by atoms with E-state index in [1.54, 1.807) is 6.20 Å². The van der Waals surface area contributed by atoms with Crippen LogP contribution in [-0.2, 0) is 11.3 Å². The Hall–Kier alpha value is -1.42. The van der Waals surface area contributed by atoms with Crippen LogP contribution in [0.3, 0.4) is 0 Å². The lowest BCUT2D eigenvalue weighted by Crippen LogP contribution is -2.56. The lowest BCUT2D eigenvalue weighted by molar-refractivity contribution is -0.128. The number of carbonyl (C=O) groups is 1. The molecule has 1 aliphatic carbocycles. The van der Waals surface area contributed by atoms with Gasteiger partial charge in [-0.1, -0.05) is 25.8 Å². The minimum Gasteiger partial charge on any atom is -0.349 e. The van der Waals surface area contributed by atoms with E-state index in [4.69, 9.17) is 5.73 Å². The van der Waals surface area contributed by atoms with Crippen molar-refractivity contribution in [2.24, 2.45) is 11.7 Å². The lowest BCUT2D eigenvalue weighted by Gasteiger charge is -2.35. The minimum absolute atomic E-state index is 0.0419. The Kier molecular flexibility index (Phi) is 3.97. The van der Waals surface area contributed by atoms with Gasteiger partial charge in [0.15, 0.2) is 0 Å². The van der Waals surface area contributed by atoms with E-state index in [0.29, 0.717) is 12.5 Å². The summed E-state index contributed by atoms with van der Waals surface area (Å²) in [5, 5.41) is 2.90.